The molecule has 2 rings (SSSR count). The van der Waals surface area contributed by atoms with Crippen molar-refractivity contribution in [1.29, 1.82) is 0 Å². The number of carbonyl (C=O) groups is 2. The summed E-state index contributed by atoms with van der Waals surface area (Å²) >= 11 is 0. The standard InChI is InChI=1S/C18H23N3O5S/c1-5-16-15(9-19-21(16)10-11(2)3)17(22)20-13-6-12(18(23)24)7-14(8-13)27(4,25)26/h6-9,11H,5,10H2,1-4H3,(H,20,22)(H,23,24). The first-order chi connectivity index (χ1) is 12.5. The number of carbonyl (C=O) groups excluding carboxylic acids is 1. The van der Waals surface area contributed by atoms with Crippen LogP contribution in [0, 0.1) is 5.92 Å². The van der Waals surface area contributed by atoms with Gasteiger partial charge in [-0.15, -0.1) is 0 Å². The number of nitrogens with zero attached hydrogens (tertiary/aromatic N) is 2. The molecule has 9 heteroatoms. The summed E-state index contributed by atoms with van der Waals surface area (Å²) in [5.74, 6) is -1.39. The zero-order valence-electron chi connectivity index (χ0n) is 15.7. The summed E-state index contributed by atoms with van der Waals surface area (Å²) in [6, 6.07) is 3.52. The van der Waals surface area contributed by atoms with Gasteiger partial charge in [-0.1, -0.05) is 20.8 Å². The van der Waals surface area contributed by atoms with E-state index in [-0.39, 0.29) is 16.1 Å². The first-order valence-corrected chi connectivity index (χ1v) is 10.4. The van der Waals surface area contributed by atoms with Gasteiger partial charge in [0.2, 0.25) is 0 Å². The van der Waals surface area contributed by atoms with E-state index in [0.717, 1.165) is 18.0 Å². The average molecular weight is 393 g/mol. The van der Waals surface area contributed by atoms with E-state index in [1.54, 1.807) is 4.68 Å². The van der Waals surface area contributed by atoms with Crippen molar-refractivity contribution in [3.8, 4) is 0 Å². The third-order valence-electron chi connectivity index (χ3n) is 3.91. The van der Waals surface area contributed by atoms with Crippen LogP contribution < -0.4 is 5.32 Å². The van der Waals surface area contributed by atoms with Crippen LogP contribution in [0.5, 0.6) is 0 Å². The molecule has 1 heterocycles. The second-order valence-corrected chi connectivity index (χ2v) is 8.73. The second-order valence-electron chi connectivity index (χ2n) is 6.71. The maximum atomic E-state index is 12.7. The second kappa shape index (κ2) is 7.91. The summed E-state index contributed by atoms with van der Waals surface area (Å²) in [7, 11) is -3.64. The lowest BCUT2D eigenvalue weighted by molar-refractivity contribution is 0.0696. The van der Waals surface area contributed by atoms with E-state index in [1.165, 1.54) is 18.3 Å². The number of amides is 1. The number of hydrogen-bond acceptors (Lipinski definition) is 5. The number of carboxylic acid groups (broad SMARTS) is 1. The predicted molar refractivity (Wildman–Crippen MR) is 101 cm³/mol. The van der Waals surface area contributed by atoms with Gasteiger partial charge in [-0.3, -0.25) is 9.48 Å². The molecular formula is C18H23N3O5S. The van der Waals surface area contributed by atoms with Gasteiger partial charge in [0.25, 0.3) is 5.91 Å². The fourth-order valence-corrected chi connectivity index (χ4v) is 3.37. The molecule has 0 saturated carbocycles. The van der Waals surface area contributed by atoms with Gasteiger partial charge in [-0.25, -0.2) is 13.2 Å². The molecule has 0 saturated heterocycles. The van der Waals surface area contributed by atoms with Gasteiger partial charge in [0.05, 0.1) is 27.9 Å². The number of hydrogen-bond donors (Lipinski definition) is 2. The molecule has 0 aliphatic rings. The molecule has 0 unspecified atom stereocenters. The molecule has 146 valence electrons. The van der Waals surface area contributed by atoms with Gasteiger partial charge in [-0.05, 0) is 30.5 Å². The predicted octanol–water partition coefficient (Wildman–Crippen LogP) is 2.46. The summed E-state index contributed by atoms with van der Waals surface area (Å²) in [5, 5.41) is 16.0. The monoisotopic (exact) mass is 393 g/mol. The van der Waals surface area contributed by atoms with Crippen LogP contribution in [-0.4, -0.2) is 41.4 Å². The van der Waals surface area contributed by atoms with Crippen molar-refractivity contribution in [3.05, 3.63) is 41.2 Å². The van der Waals surface area contributed by atoms with Gasteiger partial charge >= 0.3 is 5.97 Å². The third-order valence-corrected chi connectivity index (χ3v) is 5.00. The van der Waals surface area contributed by atoms with Crippen LogP contribution in [0.3, 0.4) is 0 Å². The van der Waals surface area contributed by atoms with Gasteiger partial charge in [0.15, 0.2) is 9.84 Å². The molecule has 0 bridgehead atoms. The molecule has 0 radical (unpaired) electrons. The Bertz CT molecular complexity index is 977. The van der Waals surface area contributed by atoms with Gasteiger partial charge in [0, 0.05) is 18.5 Å². The van der Waals surface area contributed by atoms with Gasteiger partial charge in [0.1, 0.15) is 0 Å². The smallest absolute Gasteiger partial charge is 0.335 e. The Kier molecular flexibility index (Phi) is 6.04. The highest BCUT2D eigenvalue weighted by atomic mass is 32.2. The van der Waals surface area contributed by atoms with Gasteiger partial charge in [-0.2, -0.15) is 5.10 Å². The number of nitrogens with one attached hydrogen (secondary N) is 1. The first-order valence-electron chi connectivity index (χ1n) is 8.47. The number of aromatic carboxylic acids is 1. The molecule has 27 heavy (non-hydrogen) atoms. The van der Waals surface area contributed by atoms with E-state index in [0.29, 0.717) is 24.4 Å². The fraction of sp³-hybridized carbons (Fsp3) is 0.389. The normalized spacial score (nSPS) is 11.6. The van der Waals surface area contributed by atoms with Crippen molar-refractivity contribution in [3.63, 3.8) is 0 Å². The Morgan fingerprint density at radius 3 is 2.44 bits per heavy atom. The number of sulfone groups is 1. The minimum Gasteiger partial charge on any atom is -0.478 e. The third kappa shape index (κ3) is 4.94. The van der Waals surface area contributed by atoms with Crippen LogP contribution in [0.4, 0.5) is 5.69 Å². The SMILES string of the molecule is CCc1c(C(=O)Nc2cc(C(=O)O)cc(S(C)(=O)=O)c2)cnn1CC(C)C. The Labute approximate surface area is 158 Å². The van der Waals surface area contributed by atoms with E-state index in [2.05, 4.69) is 10.4 Å². The molecule has 0 aliphatic carbocycles. The highest BCUT2D eigenvalue weighted by Gasteiger charge is 2.19. The molecule has 1 aromatic heterocycles. The molecule has 0 aliphatic heterocycles. The van der Waals surface area contributed by atoms with Crippen LogP contribution in [-0.2, 0) is 22.8 Å². The Morgan fingerprint density at radius 1 is 1.26 bits per heavy atom. The maximum Gasteiger partial charge on any atom is 0.335 e. The maximum absolute atomic E-state index is 12.7. The minimum atomic E-state index is -3.64. The van der Waals surface area contributed by atoms with Crippen LogP contribution in [0.25, 0.3) is 0 Å². The number of anilines is 1. The topological polar surface area (TPSA) is 118 Å². The molecule has 0 spiro atoms. The lowest BCUT2D eigenvalue weighted by Crippen LogP contribution is -2.16. The van der Waals surface area contributed by atoms with Crippen molar-refractivity contribution in [1.82, 2.24) is 9.78 Å². The number of benzene rings is 1. The highest BCUT2D eigenvalue weighted by molar-refractivity contribution is 7.90. The lowest BCUT2D eigenvalue weighted by atomic mass is 10.1. The van der Waals surface area contributed by atoms with Gasteiger partial charge < -0.3 is 10.4 Å². The summed E-state index contributed by atoms with van der Waals surface area (Å²) in [5.41, 5.74) is 1.01. The Balaban J connectivity index is 2.40. The molecule has 0 atom stereocenters. The molecular weight excluding hydrogens is 370 g/mol. The number of aromatic nitrogens is 2. The van der Waals surface area contributed by atoms with Crippen LogP contribution >= 0.6 is 0 Å². The molecule has 1 aromatic carbocycles. The van der Waals surface area contributed by atoms with E-state index < -0.39 is 21.7 Å². The first kappa shape index (κ1) is 20.6. The van der Waals surface area contributed by atoms with Crippen LogP contribution in [0.15, 0.2) is 29.3 Å². The molecule has 1 amide bonds. The number of carboxylic acids is 1. The molecule has 2 aromatic rings. The van der Waals surface area contributed by atoms with E-state index in [4.69, 9.17) is 0 Å². The quantitative estimate of drug-likeness (QED) is 0.746. The Morgan fingerprint density at radius 2 is 1.93 bits per heavy atom. The van der Waals surface area contributed by atoms with Crippen molar-refractivity contribution in [2.45, 2.75) is 38.6 Å². The van der Waals surface area contributed by atoms with Crippen molar-refractivity contribution in [2.24, 2.45) is 5.92 Å². The zero-order valence-corrected chi connectivity index (χ0v) is 16.5. The average Bonchev–Trinajstić information content (AvgIpc) is 2.95. The summed E-state index contributed by atoms with van der Waals surface area (Å²) in [6.07, 6.45) is 3.04. The largest absolute Gasteiger partial charge is 0.478 e. The minimum absolute atomic E-state index is 0.0963. The van der Waals surface area contributed by atoms with Crippen molar-refractivity contribution >= 4 is 27.4 Å². The summed E-state index contributed by atoms with van der Waals surface area (Å²) in [6.45, 7) is 6.68. The zero-order chi connectivity index (χ0) is 20.4. The summed E-state index contributed by atoms with van der Waals surface area (Å²) < 4.78 is 25.4. The highest BCUT2D eigenvalue weighted by Crippen LogP contribution is 2.21. The number of rotatable bonds is 7. The van der Waals surface area contributed by atoms with E-state index >= 15 is 0 Å². The van der Waals surface area contributed by atoms with Crippen molar-refractivity contribution < 1.29 is 23.1 Å². The van der Waals surface area contributed by atoms with Crippen LogP contribution in [0.2, 0.25) is 0 Å². The molecule has 8 nitrogen and oxygen atoms in total. The van der Waals surface area contributed by atoms with E-state index in [1.807, 2.05) is 20.8 Å². The van der Waals surface area contributed by atoms with E-state index in [9.17, 15) is 23.1 Å². The van der Waals surface area contributed by atoms with Crippen LogP contribution in [0.1, 0.15) is 47.2 Å². The Hall–Kier alpha value is -2.68. The van der Waals surface area contributed by atoms with Crippen molar-refractivity contribution in [2.75, 3.05) is 11.6 Å². The fourth-order valence-electron chi connectivity index (χ4n) is 2.68. The molecule has 2 N–H and O–H groups in total. The lowest BCUT2D eigenvalue weighted by Gasteiger charge is -2.11. The molecule has 0 fully saturated rings. The summed E-state index contributed by atoms with van der Waals surface area (Å²) in [4.78, 5) is 23.8.